The lowest BCUT2D eigenvalue weighted by atomic mass is 10.2. The van der Waals surface area contributed by atoms with Crippen LogP contribution in [0.5, 0.6) is 0 Å². The Labute approximate surface area is 117 Å². The molecule has 0 aromatic carbocycles. The van der Waals surface area contributed by atoms with Crippen LogP contribution in [0.3, 0.4) is 0 Å². The summed E-state index contributed by atoms with van der Waals surface area (Å²) in [6, 6.07) is 2.02. The lowest BCUT2D eigenvalue weighted by Crippen LogP contribution is -2.19. The van der Waals surface area contributed by atoms with Crippen molar-refractivity contribution >= 4 is 20.9 Å². The van der Waals surface area contributed by atoms with Crippen molar-refractivity contribution in [3.05, 3.63) is 24.3 Å². The van der Waals surface area contributed by atoms with Crippen LogP contribution in [-0.4, -0.2) is 35.0 Å². The van der Waals surface area contributed by atoms with Crippen LogP contribution in [0.25, 0.3) is 11.0 Å². The number of pyridine rings is 1. The molecule has 6 nitrogen and oxygen atoms in total. The van der Waals surface area contributed by atoms with Crippen molar-refractivity contribution in [1.82, 2.24) is 14.5 Å². The molecule has 2 aromatic heterocycles. The van der Waals surface area contributed by atoms with E-state index in [2.05, 4.69) is 14.5 Å². The molecular formula is C13H18N4O2S. The molecule has 1 saturated carbocycles. The lowest BCUT2D eigenvalue weighted by Gasteiger charge is -2.13. The summed E-state index contributed by atoms with van der Waals surface area (Å²) < 4.78 is 24.7. The zero-order valence-electron chi connectivity index (χ0n) is 11.4. The van der Waals surface area contributed by atoms with Crippen molar-refractivity contribution in [1.29, 1.82) is 0 Å². The van der Waals surface area contributed by atoms with Gasteiger partial charge in [-0.1, -0.05) is 0 Å². The van der Waals surface area contributed by atoms with Gasteiger partial charge in [-0.2, -0.15) is 0 Å². The monoisotopic (exact) mass is 294 g/mol. The number of rotatable bonds is 5. The SMILES string of the molecule is CS(=O)(=O)CCC(N)c1nc2cnccc2n1C1CC1. The number of fused-ring (bicyclic) bond motifs is 1. The summed E-state index contributed by atoms with van der Waals surface area (Å²) in [5, 5.41) is 0. The number of hydrogen-bond acceptors (Lipinski definition) is 5. The van der Waals surface area contributed by atoms with Crippen molar-refractivity contribution < 1.29 is 8.42 Å². The molecule has 2 aromatic rings. The average molecular weight is 294 g/mol. The van der Waals surface area contributed by atoms with Gasteiger partial charge in [-0.15, -0.1) is 0 Å². The Kier molecular flexibility index (Phi) is 3.25. The molecule has 1 aliphatic rings. The molecular weight excluding hydrogens is 276 g/mol. The maximum Gasteiger partial charge on any atom is 0.147 e. The van der Waals surface area contributed by atoms with Gasteiger partial charge in [-0.05, 0) is 25.3 Å². The minimum atomic E-state index is -3.00. The quantitative estimate of drug-likeness (QED) is 0.894. The van der Waals surface area contributed by atoms with Crippen molar-refractivity contribution in [2.75, 3.05) is 12.0 Å². The van der Waals surface area contributed by atoms with E-state index in [1.54, 1.807) is 12.4 Å². The maximum absolute atomic E-state index is 11.3. The molecule has 108 valence electrons. The summed E-state index contributed by atoms with van der Waals surface area (Å²) in [5.74, 6) is 0.861. The molecule has 0 aliphatic heterocycles. The first kappa shape index (κ1) is 13.5. The smallest absolute Gasteiger partial charge is 0.147 e. The number of hydrogen-bond donors (Lipinski definition) is 1. The molecule has 2 heterocycles. The van der Waals surface area contributed by atoms with Crippen LogP contribution in [0.15, 0.2) is 18.5 Å². The molecule has 2 N–H and O–H groups in total. The molecule has 0 radical (unpaired) electrons. The summed E-state index contributed by atoms with van der Waals surface area (Å²) in [6.45, 7) is 0. The maximum atomic E-state index is 11.3. The number of imidazole rings is 1. The molecule has 0 saturated heterocycles. The van der Waals surface area contributed by atoms with E-state index >= 15 is 0 Å². The van der Waals surface area contributed by atoms with Crippen LogP contribution < -0.4 is 5.73 Å². The summed E-state index contributed by atoms with van der Waals surface area (Å²) in [7, 11) is -3.00. The van der Waals surface area contributed by atoms with Crippen LogP contribution in [-0.2, 0) is 9.84 Å². The zero-order chi connectivity index (χ0) is 14.3. The van der Waals surface area contributed by atoms with Crippen LogP contribution in [0.4, 0.5) is 0 Å². The molecule has 0 amide bonds. The number of nitrogens with zero attached hydrogens (tertiary/aromatic N) is 3. The standard InChI is InChI=1S/C13H18N4O2S/c1-20(18,19)7-5-10(14)13-16-11-8-15-6-4-12(11)17(13)9-2-3-9/h4,6,8-10H,2-3,5,7,14H2,1H3. The Balaban J connectivity index is 1.96. The minimum Gasteiger partial charge on any atom is -0.323 e. The first-order chi connectivity index (χ1) is 9.46. The highest BCUT2D eigenvalue weighted by Crippen LogP contribution is 2.39. The molecule has 1 atom stereocenters. The number of sulfone groups is 1. The fourth-order valence-electron chi connectivity index (χ4n) is 2.42. The van der Waals surface area contributed by atoms with Crippen molar-refractivity contribution in [2.24, 2.45) is 5.73 Å². The molecule has 1 fully saturated rings. The third kappa shape index (κ3) is 2.69. The topological polar surface area (TPSA) is 90.9 Å². The van der Waals surface area contributed by atoms with Gasteiger partial charge in [0.05, 0.1) is 23.5 Å². The zero-order valence-corrected chi connectivity index (χ0v) is 12.2. The number of aromatic nitrogens is 3. The second-order valence-electron chi connectivity index (χ2n) is 5.46. The molecule has 1 unspecified atom stereocenters. The summed E-state index contributed by atoms with van der Waals surface area (Å²) in [6.07, 6.45) is 7.34. The van der Waals surface area contributed by atoms with Crippen molar-refractivity contribution in [3.63, 3.8) is 0 Å². The van der Waals surface area contributed by atoms with Crippen LogP contribution in [0, 0.1) is 0 Å². The first-order valence-corrected chi connectivity index (χ1v) is 8.77. The highest BCUT2D eigenvalue weighted by atomic mass is 32.2. The lowest BCUT2D eigenvalue weighted by molar-refractivity contribution is 0.570. The first-order valence-electron chi connectivity index (χ1n) is 6.71. The van der Waals surface area contributed by atoms with E-state index in [0.717, 1.165) is 29.7 Å². The Hall–Kier alpha value is -1.47. The van der Waals surface area contributed by atoms with Crippen LogP contribution >= 0.6 is 0 Å². The predicted octanol–water partition coefficient (Wildman–Crippen LogP) is 1.20. The Morgan fingerprint density at radius 3 is 2.90 bits per heavy atom. The van der Waals surface area contributed by atoms with Crippen molar-refractivity contribution in [3.8, 4) is 0 Å². The van der Waals surface area contributed by atoms with Gasteiger partial charge in [0.15, 0.2) is 0 Å². The van der Waals surface area contributed by atoms with Gasteiger partial charge in [-0.25, -0.2) is 13.4 Å². The van der Waals surface area contributed by atoms with Crippen LogP contribution in [0.2, 0.25) is 0 Å². The molecule has 1 aliphatic carbocycles. The van der Waals surface area contributed by atoms with E-state index in [-0.39, 0.29) is 11.8 Å². The number of nitrogens with two attached hydrogens (primary N) is 1. The van der Waals surface area contributed by atoms with E-state index in [1.165, 1.54) is 6.26 Å². The Morgan fingerprint density at radius 2 is 2.25 bits per heavy atom. The van der Waals surface area contributed by atoms with Gasteiger partial charge in [0.1, 0.15) is 21.2 Å². The Bertz CT molecular complexity index is 734. The third-order valence-corrected chi connectivity index (χ3v) is 4.54. The van der Waals surface area contributed by atoms with Gasteiger partial charge >= 0.3 is 0 Å². The van der Waals surface area contributed by atoms with E-state index in [1.807, 2.05) is 6.07 Å². The minimum absolute atomic E-state index is 0.0836. The fraction of sp³-hybridized carbons (Fsp3) is 0.538. The molecule has 3 rings (SSSR count). The largest absolute Gasteiger partial charge is 0.323 e. The summed E-state index contributed by atoms with van der Waals surface area (Å²) in [5.41, 5.74) is 8.02. The molecule has 20 heavy (non-hydrogen) atoms. The van der Waals surface area contributed by atoms with E-state index in [9.17, 15) is 8.42 Å². The summed E-state index contributed by atoms with van der Waals surface area (Å²) in [4.78, 5) is 8.63. The predicted molar refractivity (Wildman–Crippen MR) is 77.1 cm³/mol. The van der Waals surface area contributed by atoms with E-state index in [0.29, 0.717) is 12.5 Å². The average Bonchev–Trinajstić information content (AvgIpc) is 3.15. The van der Waals surface area contributed by atoms with Gasteiger partial charge < -0.3 is 10.3 Å². The van der Waals surface area contributed by atoms with Crippen LogP contribution in [0.1, 0.15) is 37.2 Å². The fourth-order valence-corrected chi connectivity index (χ4v) is 3.10. The second kappa shape index (κ2) is 4.82. The molecule has 0 spiro atoms. The van der Waals surface area contributed by atoms with Gasteiger partial charge in [0, 0.05) is 18.5 Å². The summed E-state index contributed by atoms with van der Waals surface area (Å²) >= 11 is 0. The van der Waals surface area contributed by atoms with Gasteiger partial charge in [0.25, 0.3) is 0 Å². The highest BCUT2D eigenvalue weighted by Gasteiger charge is 2.30. The third-order valence-electron chi connectivity index (χ3n) is 3.56. The van der Waals surface area contributed by atoms with Gasteiger partial charge in [0.2, 0.25) is 0 Å². The Morgan fingerprint density at radius 1 is 1.50 bits per heavy atom. The van der Waals surface area contributed by atoms with Crippen molar-refractivity contribution in [2.45, 2.75) is 31.3 Å². The van der Waals surface area contributed by atoms with E-state index < -0.39 is 9.84 Å². The second-order valence-corrected chi connectivity index (χ2v) is 7.72. The van der Waals surface area contributed by atoms with Gasteiger partial charge in [-0.3, -0.25) is 4.98 Å². The molecule has 0 bridgehead atoms. The van der Waals surface area contributed by atoms with E-state index in [4.69, 9.17) is 5.73 Å². The molecule has 7 heteroatoms. The highest BCUT2D eigenvalue weighted by molar-refractivity contribution is 7.90. The normalized spacial score (nSPS) is 17.5.